The fourth-order valence-corrected chi connectivity index (χ4v) is 7.03. The van der Waals surface area contributed by atoms with Crippen molar-refractivity contribution in [3.05, 3.63) is 35.8 Å². The molecule has 0 saturated heterocycles. The number of fused-ring (bicyclic) bond motifs is 1. The molecule has 1 heterocycles. The van der Waals surface area contributed by atoms with Crippen LogP contribution in [0.3, 0.4) is 0 Å². The van der Waals surface area contributed by atoms with Gasteiger partial charge in [-0.25, -0.2) is 0 Å². The number of aliphatic hydroxyl groups is 2. The van der Waals surface area contributed by atoms with E-state index in [4.69, 9.17) is 9.15 Å². The summed E-state index contributed by atoms with van der Waals surface area (Å²) in [6.07, 6.45) is 12.4. The Labute approximate surface area is 193 Å². The van der Waals surface area contributed by atoms with Crippen LogP contribution in [0.1, 0.15) is 97.7 Å². The lowest BCUT2D eigenvalue weighted by Gasteiger charge is -2.61. The molecule has 2 saturated carbocycles. The van der Waals surface area contributed by atoms with E-state index < -0.39 is 11.7 Å². The molecule has 0 amide bonds. The standard InChI is InChI=1S/C27H42O5/c1-19(29)32-22(21-12-16-31-18-21)9-7-20(17-28)8-10-24-26(4)14-6-13-25(2,3)23(26)11-15-27(24,5)30/h7,12,16,18,22-24,28,30H,6,8-11,13-15,17H2,1-5H3/b20-7-/t22-,23+,24-,26+,27-/m1/s1. The lowest BCUT2D eigenvalue weighted by molar-refractivity contribution is -0.169. The van der Waals surface area contributed by atoms with Gasteiger partial charge in [0.05, 0.1) is 24.7 Å². The number of hydrogen-bond donors (Lipinski definition) is 2. The molecule has 5 atom stereocenters. The van der Waals surface area contributed by atoms with E-state index in [1.54, 1.807) is 18.6 Å². The Balaban J connectivity index is 1.73. The van der Waals surface area contributed by atoms with Gasteiger partial charge in [-0.1, -0.05) is 33.3 Å². The summed E-state index contributed by atoms with van der Waals surface area (Å²) in [5, 5.41) is 21.4. The summed E-state index contributed by atoms with van der Waals surface area (Å²) in [5.74, 6) is 0.471. The van der Waals surface area contributed by atoms with Crippen molar-refractivity contribution < 1.29 is 24.2 Å². The summed E-state index contributed by atoms with van der Waals surface area (Å²) in [5.41, 5.74) is 1.47. The summed E-state index contributed by atoms with van der Waals surface area (Å²) in [6.45, 7) is 10.6. The van der Waals surface area contributed by atoms with Crippen LogP contribution in [0.15, 0.2) is 34.7 Å². The van der Waals surface area contributed by atoms with Crippen molar-refractivity contribution >= 4 is 5.97 Å². The summed E-state index contributed by atoms with van der Waals surface area (Å²) in [6, 6.07) is 1.80. The molecule has 2 aliphatic carbocycles. The quantitative estimate of drug-likeness (QED) is 0.380. The summed E-state index contributed by atoms with van der Waals surface area (Å²) >= 11 is 0. The first-order valence-corrected chi connectivity index (χ1v) is 12.2. The molecule has 1 aromatic heterocycles. The molecule has 2 fully saturated rings. The van der Waals surface area contributed by atoms with Crippen molar-refractivity contribution in [1.82, 2.24) is 0 Å². The molecular formula is C27H42O5. The fraction of sp³-hybridized carbons (Fsp3) is 0.741. The Bertz CT molecular complexity index is 791. The van der Waals surface area contributed by atoms with E-state index in [1.807, 2.05) is 13.0 Å². The lowest BCUT2D eigenvalue weighted by Crippen LogP contribution is -2.57. The van der Waals surface area contributed by atoms with Crippen LogP contribution < -0.4 is 0 Å². The van der Waals surface area contributed by atoms with Gasteiger partial charge in [-0.05, 0) is 79.8 Å². The van der Waals surface area contributed by atoms with Gasteiger partial charge >= 0.3 is 5.97 Å². The fourth-order valence-electron chi connectivity index (χ4n) is 7.03. The monoisotopic (exact) mass is 446 g/mol. The molecule has 0 unspecified atom stereocenters. The maximum Gasteiger partial charge on any atom is 0.303 e. The third-order valence-electron chi connectivity index (χ3n) is 8.56. The summed E-state index contributed by atoms with van der Waals surface area (Å²) in [7, 11) is 0. The van der Waals surface area contributed by atoms with Gasteiger partial charge in [-0.3, -0.25) is 4.79 Å². The highest BCUT2D eigenvalue weighted by atomic mass is 16.5. The zero-order valence-corrected chi connectivity index (χ0v) is 20.5. The predicted molar refractivity (Wildman–Crippen MR) is 125 cm³/mol. The number of furan rings is 1. The van der Waals surface area contributed by atoms with Gasteiger partial charge in [-0.15, -0.1) is 0 Å². The van der Waals surface area contributed by atoms with E-state index in [0.717, 1.165) is 43.2 Å². The largest absolute Gasteiger partial charge is 0.472 e. The number of carbonyl (C=O) groups is 1. The third-order valence-corrected chi connectivity index (χ3v) is 8.56. The van der Waals surface area contributed by atoms with Gasteiger partial charge in [0.1, 0.15) is 6.10 Å². The molecule has 0 spiro atoms. The first-order chi connectivity index (χ1) is 15.0. The molecule has 1 aromatic rings. The molecule has 2 aliphatic rings. The zero-order chi connectivity index (χ0) is 23.6. The van der Waals surface area contributed by atoms with Gasteiger partial charge < -0.3 is 19.4 Å². The minimum absolute atomic E-state index is 0.0291. The second-order valence-electron chi connectivity index (χ2n) is 11.3. The smallest absolute Gasteiger partial charge is 0.303 e. The molecule has 5 nitrogen and oxygen atoms in total. The highest BCUT2D eigenvalue weighted by Gasteiger charge is 2.57. The number of rotatable bonds is 8. The lowest BCUT2D eigenvalue weighted by atomic mass is 9.45. The molecule has 3 rings (SSSR count). The van der Waals surface area contributed by atoms with Crippen LogP contribution in [0.4, 0.5) is 0 Å². The molecule has 2 N–H and O–H groups in total. The molecule has 0 radical (unpaired) electrons. The second-order valence-corrected chi connectivity index (χ2v) is 11.3. The molecule has 180 valence electrons. The molecule has 0 aliphatic heterocycles. The summed E-state index contributed by atoms with van der Waals surface area (Å²) in [4.78, 5) is 11.5. The van der Waals surface area contributed by atoms with Gasteiger partial charge in [0.2, 0.25) is 0 Å². The number of esters is 1. The number of ether oxygens (including phenoxy) is 1. The summed E-state index contributed by atoms with van der Waals surface area (Å²) < 4.78 is 10.6. The van der Waals surface area contributed by atoms with Gasteiger partial charge in [0.25, 0.3) is 0 Å². The topological polar surface area (TPSA) is 79.9 Å². The Morgan fingerprint density at radius 2 is 2.03 bits per heavy atom. The molecule has 5 heteroatoms. The van der Waals surface area contributed by atoms with E-state index in [9.17, 15) is 15.0 Å². The van der Waals surface area contributed by atoms with Crippen LogP contribution in [-0.4, -0.2) is 28.4 Å². The first-order valence-electron chi connectivity index (χ1n) is 12.2. The van der Waals surface area contributed by atoms with Crippen molar-refractivity contribution in [1.29, 1.82) is 0 Å². The Morgan fingerprint density at radius 3 is 2.66 bits per heavy atom. The normalized spacial score (nSPS) is 33.4. The average Bonchev–Trinajstić information content (AvgIpc) is 3.22. The number of hydrogen-bond acceptors (Lipinski definition) is 5. The number of aliphatic hydroxyl groups excluding tert-OH is 1. The maximum absolute atomic E-state index is 11.5. The Kier molecular flexibility index (Phi) is 7.61. The van der Waals surface area contributed by atoms with E-state index >= 15 is 0 Å². The Morgan fingerprint density at radius 1 is 1.28 bits per heavy atom. The molecule has 0 bridgehead atoms. The molecular weight excluding hydrogens is 404 g/mol. The van der Waals surface area contributed by atoms with Gasteiger partial charge in [-0.2, -0.15) is 0 Å². The van der Waals surface area contributed by atoms with E-state index in [0.29, 0.717) is 17.8 Å². The Hall–Kier alpha value is -1.59. The first kappa shape index (κ1) is 25.0. The minimum atomic E-state index is -0.684. The predicted octanol–water partition coefficient (Wildman–Crippen LogP) is 5.97. The van der Waals surface area contributed by atoms with E-state index in [-0.39, 0.29) is 23.9 Å². The van der Waals surface area contributed by atoms with Crippen molar-refractivity contribution in [3.63, 3.8) is 0 Å². The second kappa shape index (κ2) is 9.72. The number of carbonyl (C=O) groups excluding carboxylic acids is 1. The molecule has 32 heavy (non-hydrogen) atoms. The van der Waals surface area contributed by atoms with Crippen LogP contribution in [0, 0.1) is 22.7 Å². The van der Waals surface area contributed by atoms with E-state index in [2.05, 4.69) is 20.8 Å². The van der Waals surface area contributed by atoms with Gasteiger partial charge in [0.15, 0.2) is 0 Å². The van der Waals surface area contributed by atoms with Crippen molar-refractivity contribution in [2.24, 2.45) is 22.7 Å². The highest BCUT2D eigenvalue weighted by Crippen LogP contribution is 2.63. The van der Waals surface area contributed by atoms with Crippen molar-refractivity contribution in [2.75, 3.05) is 6.61 Å². The van der Waals surface area contributed by atoms with Crippen molar-refractivity contribution in [3.8, 4) is 0 Å². The SMILES string of the molecule is CC(=O)O[C@H](C/C=C(\CO)CC[C@@H]1[C@@]2(C)CCCC(C)(C)[C@@H]2CC[C@@]1(C)O)c1ccoc1. The maximum atomic E-state index is 11.5. The van der Waals surface area contributed by atoms with E-state index in [1.165, 1.54) is 19.8 Å². The van der Waals surface area contributed by atoms with Crippen LogP contribution >= 0.6 is 0 Å². The highest BCUT2D eigenvalue weighted by molar-refractivity contribution is 5.66. The van der Waals surface area contributed by atoms with Gasteiger partial charge in [0, 0.05) is 18.9 Å². The van der Waals surface area contributed by atoms with Crippen LogP contribution in [-0.2, 0) is 9.53 Å². The van der Waals surface area contributed by atoms with Crippen LogP contribution in [0.25, 0.3) is 0 Å². The molecule has 0 aromatic carbocycles. The van der Waals surface area contributed by atoms with Crippen LogP contribution in [0.2, 0.25) is 0 Å². The third kappa shape index (κ3) is 5.31. The minimum Gasteiger partial charge on any atom is -0.472 e. The van der Waals surface area contributed by atoms with Crippen LogP contribution in [0.5, 0.6) is 0 Å². The average molecular weight is 447 g/mol. The van der Waals surface area contributed by atoms with Crippen molar-refractivity contribution in [2.45, 2.75) is 97.7 Å². The zero-order valence-electron chi connectivity index (χ0n) is 20.5.